The molecule has 0 N–H and O–H groups in total. The third-order valence-electron chi connectivity index (χ3n) is 2.22. The highest BCUT2D eigenvalue weighted by Crippen LogP contribution is 2.30. The quantitative estimate of drug-likeness (QED) is 0.620. The van der Waals surface area contributed by atoms with Gasteiger partial charge in [-0.2, -0.15) is 0 Å². The Morgan fingerprint density at radius 3 is 2.58 bits per heavy atom. The fraction of sp³-hybridized carbons (Fsp3) is 0.556. The van der Waals surface area contributed by atoms with Gasteiger partial charge in [0.2, 0.25) is 0 Å². The van der Waals surface area contributed by atoms with Crippen LogP contribution < -0.4 is 0 Å². The normalized spacial score (nSPS) is 22.0. The van der Waals surface area contributed by atoms with Crippen LogP contribution in [-0.4, -0.2) is 23.5 Å². The zero-order valence-corrected chi connectivity index (χ0v) is 9.07. The van der Waals surface area contributed by atoms with E-state index in [0.717, 1.165) is 6.42 Å². The van der Waals surface area contributed by atoms with Crippen LogP contribution in [0, 0.1) is 0 Å². The van der Waals surface area contributed by atoms with Crippen molar-refractivity contribution < 1.29 is 8.85 Å². The molecule has 0 aromatic rings. The molecule has 0 saturated heterocycles. The molecule has 0 saturated carbocycles. The zero-order chi connectivity index (χ0) is 8.97. The molecule has 1 aliphatic carbocycles. The van der Waals surface area contributed by atoms with Gasteiger partial charge in [-0.05, 0) is 6.42 Å². The number of rotatable bonds is 4. The summed E-state index contributed by atoms with van der Waals surface area (Å²) in [4.78, 5) is 0. The van der Waals surface area contributed by atoms with Gasteiger partial charge in [0, 0.05) is 19.8 Å². The lowest BCUT2D eigenvalue weighted by molar-refractivity contribution is 0.274. The predicted molar refractivity (Wildman–Crippen MR) is 52.4 cm³/mol. The molecule has 3 heteroatoms. The fourth-order valence-corrected chi connectivity index (χ4v) is 3.33. The molecule has 0 heterocycles. The van der Waals surface area contributed by atoms with Crippen molar-refractivity contribution in [2.75, 3.05) is 14.2 Å². The van der Waals surface area contributed by atoms with E-state index in [2.05, 4.69) is 25.2 Å². The summed E-state index contributed by atoms with van der Waals surface area (Å²) >= 11 is 0. The Labute approximate surface area is 75.7 Å². The second kappa shape index (κ2) is 4.60. The molecule has 0 bridgehead atoms. The molecule has 0 amide bonds. The molecule has 12 heavy (non-hydrogen) atoms. The van der Waals surface area contributed by atoms with Gasteiger partial charge in [-0.1, -0.05) is 30.7 Å². The van der Waals surface area contributed by atoms with Crippen molar-refractivity contribution in [2.24, 2.45) is 0 Å². The van der Waals surface area contributed by atoms with Crippen LogP contribution in [0.4, 0.5) is 0 Å². The first-order chi connectivity index (χ1) is 5.83. The van der Waals surface area contributed by atoms with E-state index in [-0.39, 0.29) is 0 Å². The Bertz CT molecular complexity index is 195. The average Bonchev–Trinajstić information content (AvgIpc) is 2.55. The van der Waals surface area contributed by atoms with Gasteiger partial charge in [0.15, 0.2) is 0 Å². The highest BCUT2D eigenvalue weighted by Gasteiger charge is 2.26. The molecule has 0 radical (unpaired) electrons. The second-order valence-electron chi connectivity index (χ2n) is 2.85. The summed E-state index contributed by atoms with van der Waals surface area (Å²) in [6.07, 6.45) is 7.54. The van der Waals surface area contributed by atoms with Gasteiger partial charge >= 0.3 is 9.28 Å². The van der Waals surface area contributed by atoms with Gasteiger partial charge in [0.05, 0.1) is 0 Å². The van der Waals surface area contributed by atoms with Crippen molar-refractivity contribution in [3.8, 4) is 0 Å². The van der Waals surface area contributed by atoms with Crippen molar-refractivity contribution in [1.29, 1.82) is 0 Å². The van der Waals surface area contributed by atoms with Crippen molar-refractivity contribution in [3.05, 3.63) is 23.8 Å². The summed E-state index contributed by atoms with van der Waals surface area (Å²) in [6, 6.07) is 0. The summed E-state index contributed by atoms with van der Waals surface area (Å²) in [7, 11) is 2.00. The summed E-state index contributed by atoms with van der Waals surface area (Å²) < 4.78 is 10.7. The Hall–Kier alpha value is -0.383. The molecule has 68 valence electrons. The summed E-state index contributed by atoms with van der Waals surface area (Å²) in [5.41, 5.74) is 1.89. The van der Waals surface area contributed by atoms with Crippen LogP contribution in [0.25, 0.3) is 0 Å². The molecule has 0 spiro atoms. The van der Waals surface area contributed by atoms with E-state index in [4.69, 9.17) is 8.85 Å². The van der Waals surface area contributed by atoms with E-state index in [1.807, 2.05) is 0 Å². The molecular weight excluding hydrogens is 168 g/mol. The average molecular weight is 184 g/mol. The Kier molecular flexibility index (Phi) is 3.72. The minimum absolute atomic E-state index is 0.449. The SMILES string of the molecule is CCC1=CC=CC1[SiH](OC)OC. The lowest BCUT2D eigenvalue weighted by Crippen LogP contribution is -2.25. The first-order valence-corrected chi connectivity index (χ1v) is 5.87. The van der Waals surface area contributed by atoms with Crippen LogP contribution in [0.2, 0.25) is 5.54 Å². The smallest absolute Gasteiger partial charge is 0.332 e. The van der Waals surface area contributed by atoms with Crippen LogP contribution in [0.5, 0.6) is 0 Å². The Morgan fingerprint density at radius 2 is 2.08 bits per heavy atom. The molecule has 1 unspecified atom stereocenters. The second-order valence-corrected chi connectivity index (χ2v) is 5.24. The van der Waals surface area contributed by atoms with E-state index in [1.165, 1.54) is 5.57 Å². The molecule has 0 fully saturated rings. The van der Waals surface area contributed by atoms with E-state index >= 15 is 0 Å². The number of allylic oxidation sites excluding steroid dienone is 4. The van der Waals surface area contributed by atoms with E-state index in [1.54, 1.807) is 14.2 Å². The lowest BCUT2D eigenvalue weighted by atomic mass is 10.2. The molecule has 0 aromatic heterocycles. The van der Waals surface area contributed by atoms with Gasteiger partial charge in [-0.15, -0.1) is 0 Å². The summed E-state index contributed by atoms with van der Waals surface area (Å²) in [5, 5.41) is 0. The highest BCUT2D eigenvalue weighted by molar-refractivity contribution is 6.48. The zero-order valence-electron chi connectivity index (χ0n) is 7.91. The highest BCUT2D eigenvalue weighted by atomic mass is 28.3. The fourth-order valence-electron chi connectivity index (χ4n) is 1.54. The predicted octanol–water partition coefficient (Wildman–Crippen LogP) is 1.78. The molecule has 1 aliphatic rings. The monoisotopic (exact) mass is 184 g/mol. The van der Waals surface area contributed by atoms with E-state index < -0.39 is 9.28 Å². The summed E-state index contributed by atoms with van der Waals surface area (Å²) in [6.45, 7) is 2.17. The standard InChI is InChI=1S/C9H16O2Si/c1-4-8-6-5-7-9(8)12(10-2)11-3/h5-7,9,12H,4H2,1-3H3. The van der Waals surface area contributed by atoms with Crippen molar-refractivity contribution in [2.45, 2.75) is 18.9 Å². The first kappa shape index (κ1) is 9.70. The van der Waals surface area contributed by atoms with Crippen molar-refractivity contribution in [1.82, 2.24) is 0 Å². The van der Waals surface area contributed by atoms with Crippen LogP contribution in [0.1, 0.15) is 13.3 Å². The molecule has 2 nitrogen and oxygen atoms in total. The van der Waals surface area contributed by atoms with Gasteiger partial charge in [0.1, 0.15) is 0 Å². The van der Waals surface area contributed by atoms with E-state index in [9.17, 15) is 0 Å². The number of hydrogen-bond donors (Lipinski definition) is 0. The molecule has 0 aromatic carbocycles. The third-order valence-corrected chi connectivity index (χ3v) is 4.39. The third kappa shape index (κ3) is 1.86. The molecule has 0 aliphatic heterocycles. The van der Waals surface area contributed by atoms with Crippen LogP contribution >= 0.6 is 0 Å². The molecule has 1 atom stereocenters. The minimum atomic E-state index is -1.48. The van der Waals surface area contributed by atoms with Gasteiger partial charge in [-0.3, -0.25) is 0 Å². The van der Waals surface area contributed by atoms with Crippen molar-refractivity contribution in [3.63, 3.8) is 0 Å². The Morgan fingerprint density at radius 1 is 1.42 bits per heavy atom. The largest absolute Gasteiger partial charge is 0.399 e. The molecule has 1 rings (SSSR count). The van der Waals surface area contributed by atoms with Crippen LogP contribution in [-0.2, 0) is 8.85 Å². The lowest BCUT2D eigenvalue weighted by Gasteiger charge is -2.19. The van der Waals surface area contributed by atoms with Crippen LogP contribution in [0.3, 0.4) is 0 Å². The Balaban J connectivity index is 2.61. The van der Waals surface area contributed by atoms with E-state index in [0.29, 0.717) is 5.54 Å². The van der Waals surface area contributed by atoms with Gasteiger partial charge < -0.3 is 8.85 Å². The maximum absolute atomic E-state index is 5.34. The van der Waals surface area contributed by atoms with Gasteiger partial charge in [0.25, 0.3) is 0 Å². The van der Waals surface area contributed by atoms with Crippen LogP contribution in [0.15, 0.2) is 23.8 Å². The molecular formula is C9H16O2Si. The number of hydrogen-bond acceptors (Lipinski definition) is 2. The maximum atomic E-state index is 5.34. The maximum Gasteiger partial charge on any atom is 0.332 e. The first-order valence-electron chi connectivity index (χ1n) is 4.26. The minimum Gasteiger partial charge on any atom is -0.399 e. The van der Waals surface area contributed by atoms with Gasteiger partial charge in [-0.25, -0.2) is 0 Å². The topological polar surface area (TPSA) is 18.5 Å². The van der Waals surface area contributed by atoms with Crippen molar-refractivity contribution >= 4 is 9.28 Å². The summed E-state index contributed by atoms with van der Waals surface area (Å²) in [5.74, 6) is 0.